The summed E-state index contributed by atoms with van der Waals surface area (Å²) < 4.78 is 0. The van der Waals surface area contributed by atoms with Crippen molar-refractivity contribution in [1.29, 1.82) is 0 Å². The molecule has 3 heteroatoms. The normalized spacial score (nSPS) is 15.1. The molecule has 1 aliphatic rings. The fourth-order valence-corrected chi connectivity index (χ4v) is 2.31. The van der Waals surface area contributed by atoms with Crippen molar-refractivity contribution < 1.29 is 0 Å². The molecule has 0 amide bonds. The third kappa shape index (κ3) is 3.79. The van der Waals surface area contributed by atoms with Crippen LogP contribution in [0.4, 0.5) is 0 Å². The summed E-state index contributed by atoms with van der Waals surface area (Å²) >= 11 is 4.97. The van der Waals surface area contributed by atoms with Crippen molar-refractivity contribution in [3.8, 4) is 0 Å². The molecule has 2 N–H and O–H groups in total. The van der Waals surface area contributed by atoms with Crippen LogP contribution in [0.1, 0.15) is 36.0 Å². The third-order valence-corrected chi connectivity index (χ3v) is 3.87. The van der Waals surface area contributed by atoms with E-state index in [1.807, 2.05) is 0 Å². The summed E-state index contributed by atoms with van der Waals surface area (Å²) in [4.78, 5) is 3.14. The molecule has 1 aliphatic carbocycles. The first kappa shape index (κ1) is 13.5. The number of hydrogen-bond acceptors (Lipinski definition) is 2. The van der Waals surface area contributed by atoms with Gasteiger partial charge in [0.2, 0.25) is 0 Å². The predicted octanol–water partition coefficient (Wildman–Crippen LogP) is 2.94. The van der Waals surface area contributed by atoms with Crippen LogP contribution in [0.3, 0.4) is 0 Å². The van der Waals surface area contributed by atoms with Crippen LogP contribution in [0, 0.1) is 13.8 Å². The molecule has 1 fully saturated rings. The summed E-state index contributed by atoms with van der Waals surface area (Å²) in [6.45, 7) is 6.35. The van der Waals surface area contributed by atoms with E-state index in [9.17, 15) is 0 Å². The number of rotatable bonds is 6. The summed E-state index contributed by atoms with van der Waals surface area (Å²) in [5.41, 5.74) is 9.73. The van der Waals surface area contributed by atoms with E-state index in [-0.39, 0.29) is 0 Å². The molecule has 0 bridgehead atoms. The molecule has 0 aromatic heterocycles. The average molecular weight is 262 g/mol. The van der Waals surface area contributed by atoms with E-state index >= 15 is 0 Å². The molecule has 1 aromatic rings. The minimum absolute atomic E-state index is 0.626. The van der Waals surface area contributed by atoms with Gasteiger partial charge in [-0.3, -0.25) is 4.90 Å². The summed E-state index contributed by atoms with van der Waals surface area (Å²) in [5.74, 6) is 0. The Morgan fingerprint density at radius 1 is 1.33 bits per heavy atom. The fourth-order valence-electron chi connectivity index (χ4n) is 2.22. The highest BCUT2D eigenvalue weighted by atomic mass is 32.1. The van der Waals surface area contributed by atoms with Crippen LogP contribution in [0.15, 0.2) is 18.2 Å². The summed E-state index contributed by atoms with van der Waals surface area (Å²) in [7, 11) is 0. The standard InChI is InChI=1S/C15H22N2S/c1-11-3-4-13(9-12(11)2)10-17(14-5-6-14)8-7-15(16)18/h3-4,9,14H,5-8,10H2,1-2H3,(H2,16,18). The Hall–Kier alpha value is -0.930. The lowest BCUT2D eigenvalue weighted by Gasteiger charge is -2.22. The highest BCUT2D eigenvalue weighted by molar-refractivity contribution is 7.80. The zero-order valence-corrected chi connectivity index (χ0v) is 12.1. The van der Waals surface area contributed by atoms with E-state index in [0.29, 0.717) is 4.99 Å². The largest absolute Gasteiger partial charge is 0.393 e. The lowest BCUT2D eigenvalue weighted by molar-refractivity contribution is 0.262. The van der Waals surface area contributed by atoms with Gasteiger partial charge in [-0.25, -0.2) is 0 Å². The summed E-state index contributed by atoms with van der Waals surface area (Å²) in [5, 5.41) is 0. The second kappa shape index (κ2) is 5.81. The Morgan fingerprint density at radius 2 is 2.06 bits per heavy atom. The highest BCUT2D eigenvalue weighted by Crippen LogP contribution is 2.28. The van der Waals surface area contributed by atoms with Crippen molar-refractivity contribution in [2.75, 3.05) is 6.54 Å². The minimum atomic E-state index is 0.626. The van der Waals surface area contributed by atoms with Crippen molar-refractivity contribution >= 4 is 17.2 Å². The number of benzene rings is 1. The summed E-state index contributed by atoms with van der Waals surface area (Å²) in [6, 6.07) is 7.49. The topological polar surface area (TPSA) is 29.3 Å². The van der Waals surface area contributed by atoms with Crippen LogP contribution in [-0.4, -0.2) is 22.5 Å². The fraction of sp³-hybridized carbons (Fsp3) is 0.533. The maximum absolute atomic E-state index is 5.60. The van der Waals surface area contributed by atoms with Gasteiger partial charge in [-0.1, -0.05) is 30.4 Å². The van der Waals surface area contributed by atoms with Gasteiger partial charge in [-0.15, -0.1) is 0 Å². The first-order valence-corrected chi connectivity index (χ1v) is 7.05. The maximum Gasteiger partial charge on any atom is 0.0740 e. The average Bonchev–Trinajstić information content (AvgIpc) is 3.13. The van der Waals surface area contributed by atoms with Gasteiger partial charge >= 0.3 is 0 Å². The van der Waals surface area contributed by atoms with Crippen molar-refractivity contribution in [1.82, 2.24) is 4.90 Å². The quantitative estimate of drug-likeness (QED) is 0.799. The molecular weight excluding hydrogens is 240 g/mol. The molecule has 2 nitrogen and oxygen atoms in total. The van der Waals surface area contributed by atoms with Crippen molar-refractivity contribution in [3.05, 3.63) is 34.9 Å². The van der Waals surface area contributed by atoms with Crippen molar-refractivity contribution in [2.24, 2.45) is 5.73 Å². The van der Waals surface area contributed by atoms with E-state index in [4.69, 9.17) is 18.0 Å². The molecule has 0 spiro atoms. The van der Waals surface area contributed by atoms with Gasteiger partial charge in [0, 0.05) is 25.6 Å². The molecule has 1 saturated carbocycles. The molecule has 98 valence electrons. The third-order valence-electron chi connectivity index (χ3n) is 3.67. The number of nitrogens with zero attached hydrogens (tertiary/aromatic N) is 1. The van der Waals surface area contributed by atoms with Gasteiger partial charge in [0.1, 0.15) is 0 Å². The van der Waals surface area contributed by atoms with E-state index < -0.39 is 0 Å². The lowest BCUT2D eigenvalue weighted by Crippen LogP contribution is -2.29. The van der Waals surface area contributed by atoms with E-state index in [1.54, 1.807) is 0 Å². The highest BCUT2D eigenvalue weighted by Gasteiger charge is 2.28. The predicted molar refractivity (Wildman–Crippen MR) is 80.8 cm³/mol. The van der Waals surface area contributed by atoms with Gasteiger partial charge in [-0.05, 0) is 43.4 Å². The minimum Gasteiger partial charge on any atom is -0.393 e. The van der Waals surface area contributed by atoms with Crippen LogP contribution >= 0.6 is 12.2 Å². The second-order valence-electron chi connectivity index (χ2n) is 5.34. The Morgan fingerprint density at radius 3 is 2.61 bits per heavy atom. The molecule has 0 aliphatic heterocycles. The number of aryl methyl sites for hydroxylation is 2. The molecule has 0 radical (unpaired) electrons. The smallest absolute Gasteiger partial charge is 0.0740 e. The van der Waals surface area contributed by atoms with Gasteiger partial charge in [0.25, 0.3) is 0 Å². The summed E-state index contributed by atoms with van der Waals surface area (Å²) in [6.07, 6.45) is 3.47. The molecule has 0 heterocycles. The van der Waals surface area contributed by atoms with Crippen LogP contribution in [0.25, 0.3) is 0 Å². The van der Waals surface area contributed by atoms with Crippen molar-refractivity contribution in [2.45, 2.75) is 45.7 Å². The van der Waals surface area contributed by atoms with Gasteiger partial charge < -0.3 is 5.73 Å². The van der Waals surface area contributed by atoms with Crippen LogP contribution < -0.4 is 5.73 Å². The second-order valence-corrected chi connectivity index (χ2v) is 5.86. The molecule has 0 atom stereocenters. The Labute approximate surface area is 115 Å². The van der Waals surface area contributed by atoms with E-state index in [0.717, 1.165) is 25.6 Å². The first-order valence-electron chi connectivity index (χ1n) is 6.65. The Balaban J connectivity index is 1.99. The molecule has 1 aromatic carbocycles. The van der Waals surface area contributed by atoms with Crippen LogP contribution in [0.2, 0.25) is 0 Å². The zero-order valence-electron chi connectivity index (χ0n) is 11.3. The Kier molecular flexibility index (Phi) is 4.36. The van der Waals surface area contributed by atoms with Crippen molar-refractivity contribution in [3.63, 3.8) is 0 Å². The molecule has 18 heavy (non-hydrogen) atoms. The molecular formula is C15H22N2S. The van der Waals surface area contributed by atoms with E-state index in [2.05, 4.69) is 36.9 Å². The molecule has 2 rings (SSSR count). The SMILES string of the molecule is Cc1ccc(CN(CCC(N)=S)C2CC2)cc1C. The van der Waals surface area contributed by atoms with Crippen LogP contribution in [-0.2, 0) is 6.54 Å². The zero-order chi connectivity index (χ0) is 13.1. The monoisotopic (exact) mass is 262 g/mol. The number of thiocarbonyl (C=S) groups is 1. The van der Waals surface area contributed by atoms with Gasteiger partial charge in [-0.2, -0.15) is 0 Å². The van der Waals surface area contributed by atoms with E-state index in [1.165, 1.54) is 29.5 Å². The lowest BCUT2D eigenvalue weighted by atomic mass is 10.1. The maximum atomic E-state index is 5.60. The molecule has 0 saturated heterocycles. The Bertz CT molecular complexity index is 438. The van der Waals surface area contributed by atoms with Gasteiger partial charge in [0.15, 0.2) is 0 Å². The first-order chi connectivity index (χ1) is 8.56. The number of hydrogen-bond donors (Lipinski definition) is 1. The molecule has 0 unspecified atom stereocenters. The number of nitrogens with two attached hydrogens (primary N) is 1. The van der Waals surface area contributed by atoms with Crippen LogP contribution in [0.5, 0.6) is 0 Å². The van der Waals surface area contributed by atoms with Gasteiger partial charge in [0.05, 0.1) is 4.99 Å².